The predicted molar refractivity (Wildman–Crippen MR) is 43.8 cm³/mol. The first kappa shape index (κ1) is 9.31. The van der Waals surface area contributed by atoms with E-state index in [-0.39, 0.29) is 11.3 Å². The number of carboxylic acids is 1. The molecule has 0 unspecified atom stereocenters. The van der Waals surface area contributed by atoms with Crippen LogP contribution in [0.5, 0.6) is 0 Å². The fourth-order valence-electron chi connectivity index (χ4n) is 1.04. The molecule has 0 saturated carbocycles. The van der Waals surface area contributed by atoms with Gasteiger partial charge in [0.15, 0.2) is 0 Å². The van der Waals surface area contributed by atoms with Gasteiger partial charge in [-0.1, -0.05) is 0 Å². The number of aromatic nitrogens is 1. The van der Waals surface area contributed by atoms with Crippen molar-refractivity contribution in [2.45, 2.75) is 6.92 Å². The highest BCUT2D eigenvalue weighted by molar-refractivity contribution is 5.96. The van der Waals surface area contributed by atoms with Crippen molar-refractivity contribution in [1.29, 1.82) is 0 Å². The summed E-state index contributed by atoms with van der Waals surface area (Å²) in [6.07, 6.45) is 1.32. The molecule has 0 spiro atoms. The molecule has 5 heteroatoms. The van der Waals surface area contributed by atoms with E-state index in [1.54, 1.807) is 6.92 Å². The van der Waals surface area contributed by atoms with Crippen LogP contribution in [0.3, 0.4) is 0 Å². The number of hydrogen-bond acceptors (Lipinski definition) is 3. The Morgan fingerprint density at radius 2 is 2.15 bits per heavy atom. The molecule has 0 atom stereocenters. The third-order valence-electron chi connectivity index (χ3n) is 1.76. The lowest BCUT2D eigenvalue weighted by atomic mass is 10.2. The second-order valence-corrected chi connectivity index (χ2v) is 2.50. The van der Waals surface area contributed by atoms with E-state index >= 15 is 0 Å². The normalized spacial score (nSPS) is 9.69. The number of esters is 1. The summed E-state index contributed by atoms with van der Waals surface area (Å²) >= 11 is 0. The lowest BCUT2D eigenvalue weighted by Gasteiger charge is -1.96. The first-order chi connectivity index (χ1) is 6.07. The van der Waals surface area contributed by atoms with E-state index in [1.165, 1.54) is 13.3 Å². The van der Waals surface area contributed by atoms with Gasteiger partial charge in [0.25, 0.3) is 0 Å². The largest absolute Gasteiger partial charge is 0.477 e. The number of ether oxygens (including phenoxy) is 1. The molecular formula is C8H9NO4. The molecule has 0 bridgehead atoms. The smallest absolute Gasteiger partial charge is 0.352 e. The number of carbonyl (C=O) groups excluding carboxylic acids is 1. The number of rotatable bonds is 2. The Bertz CT molecular complexity index is 353. The lowest BCUT2D eigenvalue weighted by Crippen LogP contribution is -2.03. The zero-order chi connectivity index (χ0) is 10.0. The summed E-state index contributed by atoms with van der Waals surface area (Å²) in [6, 6.07) is 0. The number of H-pyrrole nitrogens is 1. The van der Waals surface area contributed by atoms with E-state index in [9.17, 15) is 9.59 Å². The number of hydrogen-bond donors (Lipinski definition) is 2. The quantitative estimate of drug-likeness (QED) is 0.665. The van der Waals surface area contributed by atoms with Gasteiger partial charge >= 0.3 is 11.9 Å². The number of nitrogens with one attached hydrogen (secondary N) is 1. The van der Waals surface area contributed by atoms with Crippen molar-refractivity contribution >= 4 is 11.9 Å². The molecule has 1 heterocycles. The van der Waals surface area contributed by atoms with Crippen LogP contribution < -0.4 is 0 Å². The van der Waals surface area contributed by atoms with Gasteiger partial charge < -0.3 is 14.8 Å². The molecule has 0 saturated heterocycles. The van der Waals surface area contributed by atoms with E-state index < -0.39 is 11.9 Å². The van der Waals surface area contributed by atoms with Crippen molar-refractivity contribution in [3.63, 3.8) is 0 Å². The minimum absolute atomic E-state index is 0.0143. The van der Waals surface area contributed by atoms with Crippen molar-refractivity contribution in [3.05, 3.63) is 23.0 Å². The molecule has 0 aliphatic heterocycles. The van der Waals surface area contributed by atoms with Crippen molar-refractivity contribution in [2.75, 3.05) is 7.11 Å². The van der Waals surface area contributed by atoms with Crippen molar-refractivity contribution in [2.24, 2.45) is 0 Å². The molecule has 0 aromatic carbocycles. The average molecular weight is 183 g/mol. The van der Waals surface area contributed by atoms with E-state index in [2.05, 4.69) is 9.72 Å². The van der Waals surface area contributed by atoms with Crippen molar-refractivity contribution < 1.29 is 19.4 Å². The summed E-state index contributed by atoms with van der Waals surface area (Å²) in [4.78, 5) is 24.1. The summed E-state index contributed by atoms with van der Waals surface area (Å²) in [6.45, 7) is 1.55. The average Bonchev–Trinajstić information content (AvgIpc) is 2.46. The molecule has 13 heavy (non-hydrogen) atoms. The van der Waals surface area contributed by atoms with Crippen LogP contribution >= 0.6 is 0 Å². The van der Waals surface area contributed by atoms with Crippen LogP contribution in [-0.4, -0.2) is 29.1 Å². The molecule has 1 rings (SSSR count). The minimum atomic E-state index is -1.09. The third-order valence-corrected chi connectivity index (χ3v) is 1.76. The van der Waals surface area contributed by atoms with Crippen molar-refractivity contribution in [1.82, 2.24) is 4.98 Å². The first-order valence-corrected chi connectivity index (χ1v) is 3.57. The van der Waals surface area contributed by atoms with Gasteiger partial charge in [0.2, 0.25) is 0 Å². The Labute approximate surface area is 74.3 Å². The molecule has 0 aliphatic carbocycles. The van der Waals surface area contributed by atoms with Gasteiger partial charge in [0.05, 0.1) is 12.7 Å². The monoisotopic (exact) mass is 183 g/mol. The molecule has 0 amide bonds. The Balaban J connectivity index is 3.13. The second-order valence-electron chi connectivity index (χ2n) is 2.50. The van der Waals surface area contributed by atoms with Crippen LogP contribution in [-0.2, 0) is 4.74 Å². The zero-order valence-corrected chi connectivity index (χ0v) is 7.25. The highest BCUT2D eigenvalue weighted by Crippen LogP contribution is 2.13. The lowest BCUT2D eigenvalue weighted by molar-refractivity contribution is 0.0600. The fourth-order valence-corrected chi connectivity index (χ4v) is 1.04. The van der Waals surface area contributed by atoms with Gasteiger partial charge in [-0.15, -0.1) is 0 Å². The van der Waals surface area contributed by atoms with E-state index in [1.807, 2.05) is 0 Å². The van der Waals surface area contributed by atoms with Gasteiger partial charge in [-0.25, -0.2) is 9.59 Å². The van der Waals surface area contributed by atoms with Crippen LogP contribution in [0.25, 0.3) is 0 Å². The fraction of sp³-hybridized carbons (Fsp3) is 0.250. The zero-order valence-electron chi connectivity index (χ0n) is 7.25. The summed E-state index contributed by atoms with van der Waals surface area (Å²) in [5.74, 6) is -1.63. The Kier molecular flexibility index (Phi) is 2.36. The maximum absolute atomic E-state index is 11.0. The molecular weight excluding hydrogens is 174 g/mol. The predicted octanol–water partition coefficient (Wildman–Crippen LogP) is 0.808. The summed E-state index contributed by atoms with van der Waals surface area (Å²) in [7, 11) is 1.25. The number of carbonyl (C=O) groups is 2. The maximum Gasteiger partial charge on any atom is 0.352 e. The molecule has 0 aliphatic rings. The number of aromatic carboxylic acids is 1. The SMILES string of the molecule is COC(=O)c1c[nH]c(C(=O)O)c1C. The molecule has 5 nitrogen and oxygen atoms in total. The summed E-state index contributed by atoms with van der Waals surface area (Å²) in [5, 5.41) is 8.65. The van der Waals surface area contributed by atoms with Crippen LogP contribution in [0.2, 0.25) is 0 Å². The standard InChI is InChI=1S/C8H9NO4/c1-4-5(8(12)13-2)3-9-6(4)7(10)11/h3,9H,1-2H3,(H,10,11). The first-order valence-electron chi connectivity index (χ1n) is 3.57. The Hall–Kier alpha value is -1.78. The number of aromatic amines is 1. The number of methoxy groups -OCH3 is 1. The van der Waals surface area contributed by atoms with Gasteiger partial charge in [-0.2, -0.15) is 0 Å². The highest BCUT2D eigenvalue weighted by Gasteiger charge is 2.17. The third kappa shape index (κ3) is 1.53. The van der Waals surface area contributed by atoms with Crippen LogP contribution in [0.1, 0.15) is 26.4 Å². The summed E-state index contributed by atoms with van der Waals surface area (Å²) < 4.78 is 4.46. The van der Waals surface area contributed by atoms with Crippen LogP contribution in [0, 0.1) is 6.92 Å². The van der Waals surface area contributed by atoms with Crippen LogP contribution in [0.15, 0.2) is 6.20 Å². The Morgan fingerprint density at radius 3 is 2.54 bits per heavy atom. The number of carboxylic acid groups (broad SMARTS) is 1. The topological polar surface area (TPSA) is 79.4 Å². The second kappa shape index (κ2) is 3.30. The molecule has 1 aromatic heterocycles. The molecule has 0 radical (unpaired) electrons. The molecule has 2 N–H and O–H groups in total. The van der Waals surface area contributed by atoms with E-state index in [0.717, 1.165) is 0 Å². The highest BCUT2D eigenvalue weighted by atomic mass is 16.5. The Morgan fingerprint density at radius 1 is 1.54 bits per heavy atom. The molecule has 1 aromatic rings. The minimum Gasteiger partial charge on any atom is -0.477 e. The van der Waals surface area contributed by atoms with Gasteiger partial charge in [-0.3, -0.25) is 0 Å². The molecule has 0 fully saturated rings. The molecule has 70 valence electrons. The van der Waals surface area contributed by atoms with Crippen LogP contribution in [0.4, 0.5) is 0 Å². The van der Waals surface area contributed by atoms with Gasteiger partial charge in [0, 0.05) is 6.20 Å². The van der Waals surface area contributed by atoms with Gasteiger partial charge in [-0.05, 0) is 12.5 Å². The maximum atomic E-state index is 11.0. The van der Waals surface area contributed by atoms with E-state index in [0.29, 0.717) is 5.56 Å². The van der Waals surface area contributed by atoms with E-state index in [4.69, 9.17) is 5.11 Å². The summed E-state index contributed by atoms with van der Waals surface area (Å²) in [5.41, 5.74) is 0.652. The van der Waals surface area contributed by atoms with Gasteiger partial charge in [0.1, 0.15) is 5.69 Å². The van der Waals surface area contributed by atoms with Crippen molar-refractivity contribution in [3.8, 4) is 0 Å².